The number of amides is 2. The van der Waals surface area contributed by atoms with Crippen molar-refractivity contribution in [2.75, 3.05) is 10.6 Å². The molecule has 2 atom stereocenters. The van der Waals surface area contributed by atoms with E-state index in [1.807, 2.05) is 19.9 Å². The lowest BCUT2D eigenvalue weighted by Gasteiger charge is -2.31. The molecule has 2 aromatic rings. The number of rotatable bonds is 2. The maximum absolute atomic E-state index is 13.2. The topological polar surface area (TPSA) is 82.5 Å². The Morgan fingerprint density at radius 3 is 2.38 bits per heavy atom. The summed E-state index contributed by atoms with van der Waals surface area (Å²) in [6.07, 6.45) is 4.03. The summed E-state index contributed by atoms with van der Waals surface area (Å²) >= 11 is 12.1. The van der Waals surface area contributed by atoms with Gasteiger partial charge in [0.1, 0.15) is 0 Å². The average Bonchev–Trinajstić information content (AvgIpc) is 2.97. The van der Waals surface area contributed by atoms with Crippen LogP contribution in [0.1, 0.15) is 37.1 Å². The summed E-state index contributed by atoms with van der Waals surface area (Å²) in [6.45, 7) is 3.81. The van der Waals surface area contributed by atoms with Crippen molar-refractivity contribution in [1.29, 1.82) is 0 Å². The molecule has 2 heterocycles. The summed E-state index contributed by atoms with van der Waals surface area (Å²) in [5, 5.41) is 6.97. The SMILES string of the molecule is Cc1cc(C)nc(NC2=N[C@@H]3CCCC[C@@H]3N2C(=O)Nc2cc(Cl)cc(Cl)c2)n1. The number of carbonyl (C=O) groups excluding carboxylic acids is 1. The third-order valence-electron chi connectivity index (χ3n) is 5.08. The molecule has 7 nitrogen and oxygen atoms in total. The highest BCUT2D eigenvalue weighted by Crippen LogP contribution is 2.32. The Hall–Kier alpha value is -2.38. The Kier molecular flexibility index (Phi) is 5.61. The quantitative estimate of drug-likeness (QED) is 0.696. The molecule has 1 aliphatic carbocycles. The van der Waals surface area contributed by atoms with Crippen LogP contribution in [0.4, 0.5) is 16.4 Å². The molecule has 1 saturated carbocycles. The molecule has 0 bridgehead atoms. The fourth-order valence-corrected chi connectivity index (χ4v) is 4.48. The van der Waals surface area contributed by atoms with E-state index in [0.717, 1.165) is 37.1 Å². The van der Waals surface area contributed by atoms with Crippen LogP contribution in [0.5, 0.6) is 0 Å². The summed E-state index contributed by atoms with van der Waals surface area (Å²) in [4.78, 5) is 28.5. The van der Waals surface area contributed by atoms with Gasteiger partial charge in [-0.15, -0.1) is 0 Å². The molecule has 152 valence electrons. The van der Waals surface area contributed by atoms with Gasteiger partial charge < -0.3 is 5.32 Å². The van der Waals surface area contributed by atoms with Gasteiger partial charge in [-0.2, -0.15) is 0 Å². The Labute approximate surface area is 179 Å². The van der Waals surface area contributed by atoms with Gasteiger partial charge in [-0.05, 0) is 51.0 Å². The first-order chi connectivity index (χ1) is 13.9. The first kappa shape index (κ1) is 19.9. The van der Waals surface area contributed by atoms with Crippen LogP contribution in [0.3, 0.4) is 0 Å². The number of aryl methyl sites for hydroxylation is 2. The fraction of sp³-hybridized carbons (Fsp3) is 0.400. The van der Waals surface area contributed by atoms with E-state index in [1.165, 1.54) is 0 Å². The second-order valence-electron chi connectivity index (χ2n) is 7.43. The van der Waals surface area contributed by atoms with Crippen LogP contribution < -0.4 is 10.6 Å². The number of urea groups is 1. The summed E-state index contributed by atoms with van der Waals surface area (Å²) < 4.78 is 0. The second-order valence-corrected chi connectivity index (χ2v) is 8.30. The number of nitrogens with zero attached hydrogens (tertiary/aromatic N) is 4. The minimum Gasteiger partial charge on any atom is -0.307 e. The van der Waals surface area contributed by atoms with Gasteiger partial charge in [0.2, 0.25) is 11.9 Å². The predicted octanol–water partition coefficient (Wildman–Crippen LogP) is 5.03. The summed E-state index contributed by atoms with van der Waals surface area (Å²) in [6, 6.07) is 6.64. The number of aliphatic imine (C=N–C) groups is 1. The van der Waals surface area contributed by atoms with E-state index in [9.17, 15) is 4.79 Å². The molecule has 29 heavy (non-hydrogen) atoms. The smallest absolute Gasteiger partial charge is 0.307 e. The van der Waals surface area contributed by atoms with Gasteiger partial charge in [0, 0.05) is 27.1 Å². The molecular weight excluding hydrogens is 411 g/mol. The van der Waals surface area contributed by atoms with Gasteiger partial charge >= 0.3 is 6.03 Å². The van der Waals surface area contributed by atoms with Gasteiger partial charge in [0.15, 0.2) is 0 Å². The first-order valence-corrected chi connectivity index (χ1v) is 10.4. The van der Waals surface area contributed by atoms with Gasteiger partial charge in [0.25, 0.3) is 0 Å². The largest absolute Gasteiger partial charge is 0.328 e. The molecule has 0 radical (unpaired) electrons. The predicted molar refractivity (Wildman–Crippen MR) is 116 cm³/mol. The first-order valence-electron chi connectivity index (χ1n) is 9.62. The lowest BCUT2D eigenvalue weighted by atomic mass is 9.91. The maximum Gasteiger partial charge on any atom is 0.328 e. The zero-order valence-electron chi connectivity index (χ0n) is 16.2. The fourth-order valence-electron chi connectivity index (χ4n) is 3.95. The molecule has 9 heteroatoms. The third-order valence-corrected chi connectivity index (χ3v) is 5.52. The Balaban J connectivity index is 1.60. The highest BCUT2D eigenvalue weighted by Gasteiger charge is 2.41. The van der Waals surface area contributed by atoms with Gasteiger partial charge in [0.05, 0.1) is 12.1 Å². The minimum atomic E-state index is -0.284. The van der Waals surface area contributed by atoms with Crippen molar-refractivity contribution in [3.8, 4) is 0 Å². The maximum atomic E-state index is 13.2. The molecule has 1 aromatic heterocycles. The lowest BCUT2D eigenvalue weighted by Crippen LogP contribution is -2.49. The molecule has 2 N–H and O–H groups in total. The zero-order chi connectivity index (χ0) is 20.5. The lowest BCUT2D eigenvalue weighted by molar-refractivity contribution is 0.209. The Morgan fingerprint density at radius 1 is 1.03 bits per heavy atom. The van der Waals surface area contributed by atoms with E-state index in [4.69, 9.17) is 28.2 Å². The molecule has 0 unspecified atom stereocenters. The van der Waals surface area contributed by atoms with E-state index < -0.39 is 0 Å². The summed E-state index contributed by atoms with van der Waals surface area (Å²) in [5.74, 6) is 0.904. The number of carbonyl (C=O) groups is 1. The molecule has 1 fully saturated rings. The zero-order valence-corrected chi connectivity index (χ0v) is 17.8. The summed E-state index contributed by atoms with van der Waals surface area (Å²) in [5.41, 5.74) is 2.23. The molecule has 2 amide bonds. The van der Waals surface area contributed by atoms with Crippen molar-refractivity contribution in [2.24, 2.45) is 4.99 Å². The number of benzene rings is 1. The van der Waals surface area contributed by atoms with Crippen LogP contribution in [-0.4, -0.2) is 38.9 Å². The van der Waals surface area contributed by atoms with Crippen molar-refractivity contribution in [2.45, 2.75) is 51.6 Å². The van der Waals surface area contributed by atoms with Gasteiger partial charge in [-0.25, -0.2) is 19.8 Å². The van der Waals surface area contributed by atoms with Crippen molar-refractivity contribution < 1.29 is 4.79 Å². The molecule has 2 aliphatic rings. The van der Waals surface area contributed by atoms with Crippen molar-refractivity contribution in [3.63, 3.8) is 0 Å². The molecule has 1 aromatic carbocycles. The van der Waals surface area contributed by atoms with Crippen LogP contribution in [0.25, 0.3) is 0 Å². The van der Waals surface area contributed by atoms with E-state index in [1.54, 1.807) is 23.1 Å². The van der Waals surface area contributed by atoms with Crippen LogP contribution >= 0.6 is 23.2 Å². The Morgan fingerprint density at radius 2 is 1.69 bits per heavy atom. The molecule has 0 spiro atoms. The van der Waals surface area contributed by atoms with Crippen molar-refractivity contribution in [1.82, 2.24) is 14.9 Å². The van der Waals surface area contributed by atoms with Crippen molar-refractivity contribution >= 4 is 46.8 Å². The number of hydrogen-bond donors (Lipinski definition) is 2. The standard InChI is InChI=1S/C20H22Cl2N6O/c1-11-7-12(2)24-18(23-11)27-19-26-16-5-3-4-6-17(16)28(19)20(29)25-15-9-13(21)8-14(22)10-15/h7-10,16-17H,3-6H2,1-2H3,(H,25,29)(H,23,24,26,27)/t16-,17+/m1/s1. The van der Waals surface area contributed by atoms with Crippen LogP contribution in [0.15, 0.2) is 29.3 Å². The minimum absolute atomic E-state index is 0.00631. The van der Waals surface area contributed by atoms with Gasteiger partial charge in [-0.3, -0.25) is 10.2 Å². The number of hydrogen-bond acceptors (Lipinski definition) is 5. The van der Waals surface area contributed by atoms with Crippen LogP contribution in [0, 0.1) is 13.8 Å². The number of aromatic nitrogens is 2. The van der Waals surface area contributed by atoms with E-state index in [0.29, 0.717) is 27.6 Å². The molecule has 0 saturated heterocycles. The van der Waals surface area contributed by atoms with E-state index in [2.05, 4.69) is 20.6 Å². The van der Waals surface area contributed by atoms with Gasteiger partial charge in [-0.1, -0.05) is 36.0 Å². The molecule has 4 rings (SSSR count). The number of halogens is 2. The second kappa shape index (κ2) is 8.16. The number of fused-ring (bicyclic) bond motifs is 1. The van der Waals surface area contributed by atoms with Crippen molar-refractivity contribution in [3.05, 3.63) is 45.7 Å². The number of nitrogens with one attached hydrogen (secondary N) is 2. The molecular formula is C20H22Cl2N6O. The Bertz CT molecular complexity index is 939. The van der Waals surface area contributed by atoms with Crippen LogP contribution in [0.2, 0.25) is 10.0 Å². The number of anilines is 2. The number of guanidine groups is 1. The van der Waals surface area contributed by atoms with E-state index >= 15 is 0 Å². The van der Waals surface area contributed by atoms with E-state index in [-0.39, 0.29) is 18.1 Å². The third kappa shape index (κ3) is 4.46. The highest BCUT2D eigenvalue weighted by molar-refractivity contribution is 6.35. The average molecular weight is 433 g/mol. The highest BCUT2D eigenvalue weighted by atomic mass is 35.5. The summed E-state index contributed by atoms with van der Waals surface area (Å²) in [7, 11) is 0. The van der Waals surface area contributed by atoms with Crippen LogP contribution in [-0.2, 0) is 0 Å². The monoisotopic (exact) mass is 432 g/mol. The normalized spacial score (nSPS) is 20.8. The molecule has 1 aliphatic heterocycles.